The number of unbranched alkanes of at least 4 members (excludes halogenated alkanes) is 1. The van der Waals surface area contributed by atoms with Gasteiger partial charge in [0.05, 0.1) is 31.1 Å². The minimum atomic E-state index is -0.686. The Bertz CT molecular complexity index is 1250. The van der Waals surface area contributed by atoms with Gasteiger partial charge in [0.1, 0.15) is 36.2 Å². The van der Waals surface area contributed by atoms with Crippen molar-refractivity contribution in [1.82, 2.24) is 0 Å². The molecule has 0 spiro atoms. The average Bonchev–Trinajstić information content (AvgIpc) is 2.93. The van der Waals surface area contributed by atoms with Gasteiger partial charge in [0.25, 0.3) is 0 Å². The van der Waals surface area contributed by atoms with Gasteiger partial charge in [0.15, 0.2) is 0 Å². The van der Waals surface area contributed by atoms with E-state index in [4.69, 9.17) is 18.9 Å². The molecular weight excluding hydrogens is 452 g/mol. The van der Waals surface area contributed by atoms with Gasteiger partial charge in [0.2, 0.25) is 0 Å². The van der Waals surface area contributed by atoms with Crippen LogP contribution in [0.5, 0.6) is 23.0 Å². The van der Waals surface area contributed by atoms with Crippen molar-refractivity contribution in [2.45, 2.75) is 45.5 Å². The SMILES string of the molecule is CCCCC(O)c1cc(OC)c2c(OCc3ccccc3)ccc(OCc3ccccc3)c2c1OC. The second-order valence-electron chi connectivity index (χ2n) is 8.72. The lowest BCUT2D eigenvalue weighted by molar-refractivity contribution is 0.160. The first-order chi connectivity index (χ1) is 17.7. The lowest BCUT2D eigenvalue weighted by Crippen LogP contribution is -2.05. The highest BCUT2D eigenvalue weighted by molar-refractivity contribution is 6.03. The summed E-state index contributed by atoms with van der Waals surface area (Å²) >= 11 is 0. The largest absolute Gasteiger partial charge is 0.496 e. The summed E-state index contributed by atoms with van der Waals surface area (Å²) in [4.78, 5) is 0. The summed E-state index contributed by atoms with van der Waals surface area (Å²) in [5, 5.41) is 12.5. The molecule has 1 atom stereocenters. The maximum Gasteiger partial charge on any atom is 0.136 e. The van der Waals surface area contributed by atoms with Gasteiger partial charge in [0, 0.05) is 5.56 Å². The van der Waals surface area contributed by atoms with Crippen LogP contribution in [0, 0.1) is 0 Å². The van der Waals surface area contributed by atoms with Gasteiger partial charge in [-0.1, -0.05) is 80.4 Å². The van der Waals surface area contributed by atoms with Gasteiger partial charge < -0.3 is 24.1 Å². The first kappa shape index (κ1) is 25.4. The van der Waals surface area contributed by atoms with Crippen LogP contribution in [0.2, 0.25) is 0 Å². The van der Waals surface area contributed by atoms with Crippen LogP contribution < -0.4 is 18.9 Å². The summed E-state index contributed by atoms with van der Waals surface area (Å²) in [5.41, 5.74) is 2.80. The monoisotopic (exact) mass is 486 g/mol. The number of rotatable bonds is 12. The highest BCUT2D eigenvalue weighted by Gasteiger charge is 2.24. The highest BCUT2D eigenvalue weighted by Crippen LogP contribution is 2.48. The Hall–Kier alpha value is -3.70. The minimum Gasteiger partial charge on any atom is -0.496 e. The molecule has 0 heterocycles. The van der Waals surface area contributed by atoms with E-state index in [1.165, 1.54) is 0 Å². The van der Waals surface area contributed by atoms with Gasteiger partial charge >= 0.3 is 0 Å². The first-order valence-electron chi connectivity index (χ1n) is 12.4. The number of aliphatic hydroxyl groups excluding tert-OH is 1. The van der Waals surface area contributed by atoms with Crippen molar-refractivity contribution < 1.29 is 24.1 Å². The number of hydrogen-bond acceptors (Lipinski definition) is 5. The number of fused-ring (bicyclic) bond motifs is 1. The molecule has 4 rings (SSSR count). The Morgan fingerprint density at radius 3 is 1.75 bits per heavy atom. The summed E-state index contributed by atoms with van der Waals surface area (Å²) in [7, 11) is 3.25. The molecule has 0 aliphatic carbocycles. The molecule has 1 unspecified atom stereocenters. The molecule has 0 bridgehead atoms. The van der Waals surface area contributed by atoms with Gasteiger partial charge in [-0.3, -0.25) is 0 Å². The van der Waals surface area contributed by atoms with Crippen molar-refractivity contribution in [2.75, 3.05) is 14.2 Å². The Morgan fingerprint density at radius 1 is 0.694 bits per heavy atom. The van der Waals surface area contributed by atoms with Gasteiger partial charge in [-0.2, -0.15) is 0 Å². The van der Waals surface area contributed by atoms with E-state index in [0.717, 1.165) is 34.7 Å². The number of methoxy groups -OCH3 is 2. The summed E-state index contributed by atoms with van der Waals surface area (Å²) in [5.74, 6) is 2.47. The third kappa shape index (κ3) is 5.74. The van der Waals surface area contributed by atoms with Crippen LogP contribution in [0.4, 0.5) is 0 Å². The number of hydrogen-bond donors (Lipinski definition) is 1. The van der Waals surface area contributed by atoms with Crippen LogP contribution in [0.25, 0.3) is 10.8 Å². The average molecular weight is 487 g/mol. The van der Waals surface area contributed by atoms with E-state index in [0.29, 0.717) is 48.2 Å². The third-order valence-electron chi connectivity index (χ3n) is 6.24. The molecule has 0 radical (unpaired) electrons. The fourth-order valence-electron chi connectivity index (χ4n) is 4.35. The second kappa shape index (κ2) is 12.3. The first-order valence-corrected chi connectivity index (χ1v) is 12.4. The highest BCUT2D eigenvalue weighted by atomic mass is 16.5. The molecule has 0 aromatic heterocycles. The predicted octanol–water partition coefficient (Wildman–Crippen LogP) is 7.24. The van der Waals surface area contributed by atoms with Crippen molar-refractivity contribution in [3.8, 4) is 23.0 Å². The Morgan fingerprint density at radius 2 is 1.25 bits per heavy atom. The van der Waals surface area contributed by atoms with Crippen molar-refractivity contribution in [3.63, 3.8) is 0 Å². The molecular formula is C31H34O5. The molecule has 1 N–H and O–H groups in total. The predicted molar refractivity (Wildman–Crippen MR) is 143 cm³/mol. The van der Waals surface area contributed by atoms with Crippen LogP contribution in [0.1, 0.15) is 49.0 Å². The Labute approximate surface area is 213 Å². The maximum atomic E-state index is 11.1. The van der Waals surface area contributed by atoms with E-state index in [-0.39, 0.29) is 0 Å². The van der Waals surface area contributed by atoms with E-state index in [1.807, 2.05) is 78.9 Å². The van der Waals surface area contributed by atoms with E-state index in [2.05, 4.69) is 6.92 Å². The van der Waals surface area contributed by atoms with Crippen LogP contribution in [0.15, 0.2) is 78.9 Å². The molecule has 0 saturated carbocycles. The van der Waals surface area contributed by atoms with Crippen molar-refractivity contribution >= 4 is 10.8 Å². The standard InChI is InChI=1S/C31H34O5/c1-4-5-16-25(32)24-19-28(33-2)29-26(35-20-22-12-8-6-9-13-22)17-18-27(30(29)31(24)34-3)36-21-23-14-10-7-11-15-23/h6-15,17-19,25,32H,4-5,16,20-21H2,1-3H3. The van der Waals surface area contributed by atoms with Crippen LogP contribution in [-0.4, -0.2) is 19.3 Å². The summed E-state index contributed by atoms with van der Waals surface area (Å²) in [6.07, 6.45) is 1.84. The van der Waals surface area contributed by atoms with Crippen molar-refractivity contribution in [2.24, 2.45) is 0 Å². The zero-order valence-electron chi connectivity index (χ0n) is 21.2. The Balaban J connectivity index is 1.83. The molecule has 5 heteroatoms. The van der Waals surface area contributed by atoms with E-state index in [1.54, 1.807) is 14.2 Å². The summed E-state index contributed by atoms with van der Waals surface area (Å²) < 4.78 is 24.3. The molecule has 0 fully saturated rings. The van der Waals surface area contributed by atoms with E-state index >= 15 is 0 Å². The van der Waals surface area contributed by atoms with Crippen LogP contribution in [-0.2, 0) is 13.2 Å². The van der Waals surface area contributed by atoms with Gasteiger partial charge in [-0.25, -0.2) is 0 Å². The zero-order valence-corrected chi connectivity index (χ0v) is 21.2. The smallest absolute Gasteiger partial charge is 0.136 e. The lowest BCUT2D eigenvalue weighted by atomic mass is 9.96. The Kier molecular flexibility index (Phi) is 8.69. The summed E-state index contributed by atoms with van der Waals surface area (Å²) in [6, 6.07) is 25.7. The zero-order chi connectivity index (χ0) is 25.3. The van der Waals surface area contributed by atoms with Crippen LogP contribution >= 0.6 is 0 Å². The number of benzene rings is 4. The van der Waals surface area contributed by atoms with Crippen molar-refractivity contribution in [3.05, 3.63) is 95.6 Å². The van der Waals surface area contributed by atoms with Crippen LogP contribution in [0.3, 0.4) is 0 Å². The topological polar surface area (TPSA) is 57.2 Å². The number of ether oxygens (including phenoxy) is 4. The minimum absolute atomic E-state index is 0.397. The number of aliphatic hydroxyl groups is 1. The molecule has 36 heavy (non-hydrogen) atoms. The van der Waals surface area contributed by atoms with E-state index < -0.39 is 6.10 Å². The molecule has 188 valence electrons. The van der Waals surface area contributed by atoms with Gasteiger partial charge in [-0.15, -0.1) is 0 Å². The van der Waals surface area contributed by atoms with Crippen molar-refractivity contribution in [1.29, 1.82) is 0 Å². The van der Waals surface area contributed by atoms with E-state index in [9.17, 15) is 5.11 Å². The molecule has 0 aliphatic heterocycles. The lowest BCUT2D eigenvalue weighted by Gasteiger charge is -2.22. The quantitative estimate of drug-likeness (QED) is 0.229. The third-order valence-corrected chi connectivity index (χ3v) is 6.24. The molecule has 5 nitrogen and oxygen atoms in total. The molecule has 0 saturated heterocycles. The fourth-order valence-corrected chi connectivity index (χ4v) is 4.35. The molecule has 0 aliphatic rings. The fraction of sp³-hybridized carbons (Fsp3) is 0.290. The second-order valence-corrected chi connectivity index (χ2v) is 8.72. The molecule has 4 aromatic carbocycles. The maximum absolute atomic E-state index is 11.1. The van der Waals surface area contributed by atoms with Gasteiger partial charge in [-0.05, 0) is 35.7 Å². The molecule has 0 amide bonds. The molecule has 4 aromatic rings. The summed E-state index contributed by atoms with van der Waals surface area (Å²) in [6.45, 7) is 2.91. The normalized spacial score (nSPS) is 11.8.